The van der Waals surface area contributed by atoms with E-state index in [2.05, 4.69) is 15.3 Å². The fourth-order valence-corrected chi connectivity index (χ4v) is 3.40. The largest absolute Gasteiger partial charge is 0.357 e. The molecule has 0 spiro atoms. The molecule has 3 aromatic heterocycles. The number of aromatic nitrogens is 3. The van der Waals surface area contributed by atoms with E-state index < -0.39 is 0 Å². The van der Waals surface area contributed by atoms with Crippen LogP contribution >= 0.6 is 0 Å². The number of pyridine rings is 1. The van der Waals surface area contributed by atoms with Gasteiger partial charge in [-0.3, -0.25) is 4.79 Å². The highest BCUT2D eigenvalue weighted by atomic mass is 19.1. The summed E-state index contributed by atoms with van der Waals surface area (Å²) in [6.45, 7) is 0. The maximum atomic E-state index is 13.1. The highest BCUT2D eigenvalue weighted by Crippen LogP contribution is 2.28. The average Bonchev–Trinajstić information content (AvgIpc) is 3.42. The monoisotopic (exact) mass is 396 g/mol. The number of carbonyl (C=O) groups is 1. The summed E-state index contributed by atoms with van der Waals surface area (Å²) < 4.78 is 15.1. The van der Waals surface area contributed by atoms with Gasteiger partial charge in [0.2, 0.25) is 0 Å². The predicted octanol–water partition coefficient (Wildman–Crippen LogP) is 5.39. The molecule has 0 atom stereocenters. The molecule has 5 rings (SSSR count). The first-order valence-corrected chi connectivity index (χ1v) is 9.46. The zero-order valence-corrected chi connectivity index (χ0v) is 15.8. The summed E-state index contributed by atoms with van der Waals surface area (Å²) in [5.74, 6) is -0.560. The number of aromatic amines is 1. The molecule has 0 radical (unpaired) electrons. The van der Waals surface area contributed by atoms with Crippen LogP contribution in [-0.4, -0.2) is 20.3 Å². The van der Waals surface area contributed by atoms with Crippen molar-refractivity contribution in [3.63, 3.8) is 0 Å². The summed E-state index contributed by atoms with van der Waals surface area (Å²) in [6, 6.07) is 21.3. The number of benzene rings is 2. The van der Waals surface area contributed by atoms with Crippen molar-refractivity contribution < 1.29 is 9.18 Å². The second-order valence-electron chi connectivity index (χ2n) is 6.90. The van der Waals surface area contributed by atoms with Gasteiger partial charge >= 0.3 is 0 Å². The first kappa shape index (κ1) is 17.9. The van der Waals surface area contributed by atoms with E-state index in [1.165, 1.54) is 12.1 Å². The van der Waals surface area contributed by atoms with Gasteiger partial charge in [-0.05, 0) is 47.5 Å². The number of para-hydroxylation sites is 1. The summed E-state index contributed by atoms with van der Waals surface area (Å²) in [7, 11) is 0. The number of halogens is 1. The Hall–Kier alpha value is -4.19. The van der Waals surface area contributed by atoms with Crippen molar-refractivity contribution >= 4 is 17.2 Å². The molecular formula is C24H17FN4O. The van der Waals surface area contributed by atoms with Crippen LogP contribution < -0.4 is 5.32 Å². The molecule has 146 valence electrons. The zero-order chi connectivity index (χ0) is 20.5. The molecule has 2 N–H and O–H groups in total. The Morgan fingerprint density at radius 3 is 2.60 bits per heavy atom. The third-order valence-electron chi connectivity index (χ3n) is 4.92. The van der Waals surface area contributed by atoms with E-state index >= 15 is 0 Å². The fourth-order valence-electron chi connectivity index (χ4n) is 3.40. The van der Waals surface area contributed by atoms with Crippen LogP contribution in [-0.2, 0) is 0 Å². The van der Waals surface area contributed by atoms with Gasteiger partial charge in [0.1, 0.15) is 17.2 Å². The van der Waals surface area contributed by atoms with E-state index in [4.69, 9.17) is 0 Å². The lowest BCUT2D eigenvalue weighted by Gasteiger charge is -2.08. The highest BCUT2D eigenvalue weighted by molar-refractivity contribution is 6.05. The average molecular weight is 396 g/mol. The van der Waals surface area contributed by atoms with Gasteiger partial charge in [-0.25, -0.2) is 9.37 Å². The molecule has 2 aromatic carbocycles. The Bertz CT molecular complexity index is 1320. The standard InChI is InChI=1S/C24H17FN4O/c25-18-10-8-16(9-11-18)17-13-21(26-14-17)24(30)28-20-6-2-1-5-19(20)22-15-29-12-4-3-7-23(29)27-22/h1-15,26H,(H,28,30). The van der Waals surface area contributed by atoms with Crippen molar-refractivity contribution in [2.75, 3.05) is 5.32 Å². The lowest BCUT2D eigenvalue weighted by Crippen LogP contribution is -2.12. The van der Waals surface area contributed by atoms with E-state index in [9.17, 15) is 9.18 Å². The van der Waals surface area contributed by atoms with Crippen molar-refractivity contribution in [2.45, 2.75) is 0 Å². The van der Waals surface area contributed by atoms with Crippen molar-refractivity contribution in [1.82, 2.24) is 14.4 Å². The summed E-state index contributed by atoms with van der Waals surface area (Å²) >= 11 is 0. The Balaban J connectivity index is 1.42. The first-order chi connectivity index (χ1) is 14.7. The summed E-state index contributed by atoms with van der Waals surface area (Å²) in [6.07, 6.45) is 5.60. The molecule has 1 amide bonds. The fraction of sp³-hybridized carbons (Fsp3) is 0. The lowest BCUT2D eigenvalue weighted by molar-refractivity contribution is 0.102. The van der Waals surface area contributed by atoms with Crippen LogP contribution in [0.4, 0.5) is 10.1 Å². The minimum atomic E-state index is -0.296. The first-order valence-electron chi connectivity index (χ1n) is 9.46. The Kier molecular flexibility index (Phi) is 4.37. The van der Waals surface area contributed by atoms with Crippen LogP contribution in [0.3, 0.4) is 0 Å². The van der Waals surface area contributed by atoms with Gasteiger partial charge in [0.05, 0.1) is 11.4 Å². The van der Waals surface area contributed by atoms with Crippen molar-refractivity contribution in [3.05, 3.63) is 103 Å². The van der Waals surface area contributed by atoms with E-state index in [-0.39, 0.29) is 11.7 Å². The minimum Gasteiger partial charge on any atom is -0.357 e. The van der Waals surface area contributed by atoms with Gasteiger partial charge in [0, 0.05) is 24.2 Å². The van der Waals surface area contributed by atoms with Gasteiger partial charge in [0.15, 0.2) is 0 Å². The van der Waals surface area contributed by atoms with Crippen LogP contribution in [0, 0.1) is 5.82 Å². The molecule has 0 aliphatic rings. The molecule has 30 heavy (non-hydrogen) atoms. The Labute approximate surface area is 171 Å². The van der Waals surface area contributed by atoms with Crippen LogP contribution in [0.25, 0.3) is 28.0 Å². The Morgan fingerprint density at radius 1 is 0.967 bits per heavy atom. The molecule has 0 saturated heterocycles. The highest BCUT2D eigenvalue weighted by Gasteiger charge is 2.14. The summed E-state index contributed by atoms with van der Waals surface area (Å²) in [5, 5.41) is 2.96. The minimum absolute atomic E-state index is 0.264. The summed E-state index contributed by atoms with van der Waals surface area (Å²) in [5.41, 5.74) is 5.17. The summed E-state index contributed by atoms with van der Waals surface area (Å²) in [4.78, 5) is 20.5. The second-order valence-corrected chi connectivity index (χ2v) is 6.90. The Morgan fingerprint density at radius 2 is 1.77 bits per heavy atom. The molecule has 3 heterocycles. The topological polar surface area (TPSA) is 62.2 Å². The lowest BCUT2D eigenvalue weighted by atomic mass is 10.1. The third kappa shape index (κ3) is 3.35. The van der Waals surface area contributed by atoms with E-state index in [0.717, 1.165) is 28.0 Å². The molecule has 0 aliphatic heterocycles. The number of carbonyl (C=O) groups excluding carboxylic acids is 1. The van der Waals surface area contributed by atoms with Crippen LogP contribution in [0.2, 0.25) is 0 Å². The van der Waals surface area contributed by atoms with Crippen LogP contribution in [0.5, 0.6) is 0 Å². The molecule has 0 saturated carbocycles. The maximum absolute atomic E-state index is 13.1. The number of nitrogens with one attached hydrogen (secondary N) is 2. The second kappa shape index (κ2) is 7.33. The molecule has 0 bridgehead atoms. The smallest absolute Gasteiger partial charge is 0.272 e. The molecule has 0 aliphatic carbocycles. The normalized spacial score (nSPS) is 11.0. The number of amides is 1. The van der Waals surface area contributed by atoms with Gasteiger partial charge in [0.25, 0.3) is 5.91 Å². The maximum Gasteiger partial charge on any atom is 0.272 e. The molecule has 0 fully saturated rings. The quantitative estimate of drug-likeness (QED) is 0.428. The SMILES string of the molecule is O=C(Nc1ccccc1-c1cn2ccccc2n1)c1cc(-c2ccc(F)cc2)c[nH]1. The molecule has 0 unspecified atom stereocenters. The van der Waals surface area contributed by atoms with E-state index in [1.807, 2.05) is 59.3 Å². The molecule has 6 heteroatoms. The number of nitrogens with zero attached hydrogens (tertiary/aromatic N) is 2. The van der Waals surface area contributed by atoms with Crippen LogP contribution in [0.1, 0.15) is 10.5 Å². The van der Waals surface area contributed by atoms with Crippen molar-refractivity contribution in [1.29, 1.82) is 0 Å². The third-order valence-corrected chi connectivity index (χ3v) is 4.92. The number of anilines is 1. The molecule has 5 aromatic rings. The number of hydrogen-bond donors (Lipinski definition) is 2. The molecular weight excluding hydrogens is 379 g/mol. The van der Waals surface area contributed by atoms with Gasteiger partial charge < -0.3 is 14.7 Å². The number of imidazole rings is 1. The van der Waals surface area contributed by atoms with E-state index in [0.29, 0.717) is 11.4 Å². The van der Waals surface area contributed by atoms with Crippen LogP contribution in [0.15, 0.2) is 91.4 Å². The van der Waals surface area contributed by atoms with Crippen molar-refractivity contribution in [3.8, 4) is 22.4 Å². The van der Waals surface area contributed by atoms with Gasteiger partial charge in [-0.15, -0.1) is 0 Å². The van der Waals surface area contributed by atoms with Gasteiger partial charge in [-0.1, -0.05) is 36.4 Å². The van der Waals surface area contributed by atoms with Gasteiger partial charge in [-0.2, -0.15) is 0 Å². The number of rotatable bonds is 4. The zero-order valence-electron chi connectivity index (χ0n) is 15.8. The number of H-pyrrole nitrogens is 1. The van der Waals surface area contributed by atoms with E-state index in [1.54, 1.807) is 24.4 Å². The van der Waals surface area contributed by atoms with Crippen molar-refractivity contribution in [2.24, 2.45) is 0 Å². The number of hydrogen-bond acceptors (Lipinski definition) is 2. The predicted molar refractivity (Wildman–Crippen MR) is 115 cm³/mol. The molecule has 5 nitrogen and oxygen atoms in total. The number of fused-ring (bicyclic) bond motifs is 1.